The number of sulfone groups is 1. The Kier molecular flexibility index (Phi) is 6.53. The van der Waals surface area contributed by atoms with Crippen molar-refractivity contribution in [1.82, 2.24) is 0 Å². The Morgan fingerprint density at radius 2 is 1.50 bits per heavy atom. The molecule has 8 heteroatoms. The van der Waals surface area contributed by atoms with Crippen LogP contribution in [0, 0.1) is 0 Å². The van der Waals surface area contributed by atoms with E-state index in [2.05, 4.69) is 0 Å². The van der Waals surface area contributed by atoms with E-state index in [-0.39, 0.29) is 31.0 Å². The molecule has 0 saturated carbocycles. The summed E-state index contributed by atoms with van der Waals surface area (Å²) in [5.41, 5.74) is 0. The third-order valence-corrected chi connectivity index (χ3v) is 2.73. The fourth-order valence-corrected chi connectivity index (χ4v) is 1.85. The van der Waals surface area contributed by atoms with Gasteiger partial charge in [-0.25, -0.2) is 16.8 Å². The Balaban J connectivity index is 0. The predicted octanol–water partition coefficient (Wildman–Crippen LogP) is -4.03. The maximum absolute atomic E-state index is 10.4. The average Bonchev–Trinajstić information content (AvgIpc) is 1.55. The van der Waals surface area contributed by atoms with Crippen molar-refractivity contribution >= 4 is 20.0 Å². The van der Waals surface area contributed by atoms with Crippen molar-refractivity contribution in [3.63, 3.8) is 0 Å². The minimum Gasteiger partial charge on any atom is -0.748 e. The minimum atomic E-state index is -4.26. The first-order chi connectivity index (χ1) is 4.71. The molecule has 0 radical (unpaired) electrons. The van der Waals surface area contributed by atoms with Crippen molar-refractivity contribution in [2.45, 2.75) is 6.42 Å². The van der Waals surface area contributed by atoms with Crippen molar-refractivity contribution < 1.29 is 40.2 Å². The molecule has 0 spiro atoms. The van der Waals surface area contributed by atoms with Gasteiger partial charge in [0.15, 0.2) is 0 Å². The van der Waals surface area contributed by atoms with Gasteiger partial charge in [0.1, 0.15) is 9.84 Å². The fraction of sp³-hybridized carbons (Fsp3) is 1.00. The molecule has 12 heavy (non-hydrogen) atoms. The van der Waals surface area contributed by atoms with Crippen LogP contribution in [0.15, 0.2) is 0 Å². The van der Waals surface area contributed by atoms with Crippen molar-refractivity contribution in [3.05, 3.63) is 0 Å². The molecule has 0 aromatic carbocycles. The second kappa shape index (κ2) is 5.24. The summed E-state index contributed by atoms with van der Waals surface area (Å²) in [7, 11) is -7.41. The van der Waals surface area contributed by atoms with Crippen LogP contribution < -0.4 is 18.9 Å². The quantitative estimate of drug-likeness (QED) is 0.346. The van der Waals surface area contributed by atoms with Crippen LogP contribution in [0.2, 0.25) is 0 Å². The van der Waals surface area contributed by atoms with E-state index in [9.17, 15) is 21.4 Å². The second-order valence-corrected chi connectivity index (χ2v) is 6.03. The predicted molar refractivity (Wildman–Crippen MR) is 38.9 cm³/mol. The van der Waals surface area contributed by atoms with Gasteiger partial charge in [0, 0.05) is 12.0 Å². The largest absolute Gasteiger partial charge is 1.00 e. The van der Waals surface area contributed by atoms with Gasteiger partial charge in [-0.15, -0.1) is 0 Å². The molecule has 5 nitrogen and oxygen atoms in total. The van der Waals surface area contributed by atoms with E-state index in [1.165, 1.54) is 0 Å². The van der Waals surface area contributed by atoms with Gasteiger partial charge >= 0.3 is 18.9 Å². The van der Waals surface area contributed by atoms with Crippen LogP contribution in [0.5, 0.6) is 0 Å². The average molecular weight is 208 g/mol. The molecule has 0 rings (SSSR count). The number of hydrogen-bond acceptors (Lipinski definition) is 5. The Labute approximate surface area is 84.4 Å². The maximum Gasteiger partial charge on any atom is 1.00 e. The molecule has 0 saturated heterocycles. The molecular formula is C4H9LiO5S2. The number of rotatable bonds is 4. The van der Waals surface area contributed by atoms with Crippen LogP contribution in [0.4, 0.5) is 0 Å². The number of hydrogen-bond donors (Lipinski definition) is 0. The van der Waals surface area contributed by atoms with Crippen LogP contribution in [-0.2, 0) is 20.0 Å². The van der Waals surface area contributed by atoms with E-state index in [1.807, 2.05) is 0 Å². The molecule has 0 aliphatic rings. The summed E-state index contributed by atoms with van der Waals surface area (Å²) in [6.07, 6.45) is 0.870. The van der Waals surface area contributed by atoms with Gasteiger partial charge < -0.3 is 4.55 Å². The van der Waals surface area contributed by atoms with E-state index in [0.29, 0.717) is 0 Å². The SMILES string of the molecule is CS(=O)(=O)CCCS(=O)(=O)[O-].[Li+]. The zero-order chi connectivity index (χ0) is 9.12. The van der Waals surface area contributed by atoms with Gasteiger partial charge in [0.05, 0.1) is 15.9 Å². The Hall–Kier alpha value is 0.457. The summed E-state index contributed by atoms with van der Waals surface area (Å²) >= 11 is 0. The van der Waals surface area contributed by atoms with Crippen LogP contribution in [0.25, 0.3) is 0 Å². The van der Waals surface area contributed by atoms with Crippen LogP contribution in [0.1, 0.15) is 6.42 Å². The van der Waals surface area contributed by atoms with Gasteiger partial charge in [-0.05, 0) is 6.42 Å². The van der Waals surface area contributed by atoms with E-state index < -0.39 is 25.7 Å². The summed E-state index contributed by atoms with van der Waals surface area (Å²) in [6.45, 7) is 0. The van der Waals surface area contributed by atoms with Crippen LogP contribution in [-0.4, -0.2) is 39.1 Å². The molecule has 0 atom stereocenters. The monoisotopic (exact) mass is 208 g/mol. The van der Waals surface area contributed by atoms with Gasteiger partial charge in [-0.1, -0.05) is 0 Å². The first-order valence-corrected chi connectivity index (χ1v) is 6.46. The third-order valence-electron chi connectivity index (χ3n) is 0.909. The third kappa shape index (κ3) is 13.1. The molecule has 0 aliphatic carbocycles. The standard InChI is InChI=1S/C4H10O5S2.Li/c1-10(5,6)3-2-4-11(7,8)9;/h2-4H2,1H3,(H,7,8,9);/q;+1/p-1. The van der Waals surface area contributed by atoms with Gasteiger partial charge in [-0.3, -0.25) is 0 Å². The van der Waals surface area contributed by atoms with E-state index in [1.54, 1.807) is 0 Å². The second-order valence-electron chi connectivity index (χ2n) is 2.25. The van der Waals surface area contributed by atoms with Crippen molar-refractivity contribution in [1.29, 1.82) is 0 Å². The van der Waals surface area contributed by atoms with Crippen LogP contribution >= 0.6 is 0 Å². The van der Waals surface area contributed by atoms with E-state index in [0.717, 1.165) is 6.26 Å². The molecule has 0 aromatic heterocycles. The van der Waals surface area contributed by atoms with E-state index in [4.69, 9.17) is 0 Å². The molecular weight excluding hydrogens is 199 g/mol. The maximum atomic E-state index is 10.4. The Morgan fingerprint density at radius 1 is 1.08 bits per heavy atom. The zero-order valence-corrected chi connectivity index (χ0v) is 8.61. The normalized spacial score (nSPS) is 12.2. The van der Waals surface area contributed by atoms with Crippen molar-refractivity contribution in [3.8, 4) is 0 Å². The van der Waals surface area contributed by atoms with Crippen molar-refractivity contribution in [2.75, 3.05) is 17.8 Å². The van der Waals surface area contributed by atoms with Gasteiger partial charge in [-0.2, -0.15) is 0 Å². The summed E-state index contributed by atoms with van der Waals surface area (Å²) in [4.78, 5) is 0. The molecule has 0 heterocycles. The molecule has 0 amide bonds. The Morgan fingerprint density at radius 3 is 1.75 bits per heavy atom. The molecule has 0 N–H and O–H groups in total. The topological polar surface area (TPSA) is 91.3 Å². The minimum absolute atomic E-state index is 0. The van der Waals surface area contributed by atoms with Gasteiger partial charge in [0.2, 0.25) is 0 Å². The molecule has 68 valence electrons. The van der Waals surface area contributed by atoms with Crippen LogP contribution in [0.3, 0.4) is 0 Å². The summed E-state index contributed by atoms with van der Waals surface area (Å²) in [6, 6.07) is 0. The molecule has 0 aliphatic heterocycles. The first kappa shape index (κ1) is 15.0. The molecule has 0 bridgehead atoms. The zero-order valence-electron chi connectivity index (χ0n) is 6.98. The first-order valence-electron chi connectivity index (χ1n) is 2.82. The summed E-state index contributed by atoms with van der Waals surface area (Å²) in [5, 5.41) is 0. The van der Waals surface area contributed by atoms with Crippen molar-refractivity contribution in [2.24, 2.45) is 0 Å². The smallest absolute Gasteiger partial charge is 0.748 e. The van der Waals surface area contributed by atoms with Gasteiger partial charge in [0.25, 0.3) is 0 Å². The fourth-order valence-electron chi connectivity index (χ4n) is 0.498. The Bertz CT molecular complexity index is 270. The summed E-state index contributed by atoms with van der Waals surface area (Å²) in [5.74, 6) is -0.867. The molecule has 0 aromatic rings. The van der Waals surface area contributed by atoms with E-state index >= 15 is 0 Å². The molecule has 0 fully saturated rings. The molecule has 0 unspecified atom stereocenters. The summed E-state index contributed by atoms with van der Waals surface area (Å²) < 4.78 is 50.7.